The minimum atomic E-state index is -0.482. The van der Waals surface area contributed by atoms with Gasteiger partial charge in [0.05, 0.1) is 19.9 Å². The average molecular weight is 288 g/mol. The second-order valence-corrected chi connectivity index (χ2v) is 4.13. The zero-order valence-electron chi connectivity index (χ0n) is 12.1. The minimum absolute atomic E-state index is 0.127. The molecule has 0 fully saturated rings. The van der Waals surface area contributed by atoms with Crippen LogP contribution in [0.2, 0.25) is 0 Å². The summed E-state index contributed by atoms with van der Waals surface area (Å²) < 4.78 is 15.4. The minimum Gasteiger partial charge on any atom is -0.481 e. The number of benzene rings is 1. The van der Waals surface area contributed by atoms with Crippen LogP contribution in [0.15, 0.2) is 30.3 Å². The third kappa shape index (κ3) is 3.47. The highest BCUT2D eigenvalue weighted by atomic mass is 16.5. The highest BCUT2D eigenvalue weighted by Gasteiger charge is 2.14. The largest absolute Gasteiger partial charge is 0.481 e. The van der Waals surface area contributed by atoms with Gasteiger partial charge >= 0.3 is 12.0 Å². The Morgan fingerprint density at radius 3 is 2.62 bits per heavy atom. The first kappa shape index (κ1) is 14.8. The number of esters is 1. The summed E-state index contributed by atoms with van der Waals surface area (Å²) in [6.07, 6.45) is 0.716. The van der Waals surface area contributed by atoms with Gasteiger partial charge in [0.15, 0.2) is 0 Å². The average Bonchev–Trinajstić information content (AvgIpc) is 2.54. The molecule has 1 aromatic carbocycles. The number of aryl methyl sites for hydroxylation is 1. The second kappa shape index (κ2) is 6.69. The van der Waals surface area contributed by atoms with E-state index >= 15 is 0 Å². The highest BCUT2D eigenvalue weighted by molar-refractivity contribution is 5.92. The standard InChI is InChI=1S/C15H16N2O4/c1-4-10-9-13(19-2)17-15(16-10)21-12-8-6-5-7-11(12)14(18)20-3/h5-9H,4H2,1-3H3. The van der Waals surface area contributed by atoms with Gasteiger partial charge in [0.25, 0.3) is 0 Å². The van der Waals surface area contributed by atoms with E-state index in [0.717, 1.165) is 5.69 Å². The number of hydrogen-bond acceptors (Lipinski definition) is 6. The molecule has 0 N–H and O–H groups in total. The molecule has 110 valence electrons. The summed E-state index contributed by atoms with van der Waals surface area (Å²) in [4.78, 5) is 20.1. The lowest BCUT2D eigenvalue weighted by molar-refractivity contribution is 0.0598. The van der Waals surface area contributed by atoms with Gasteiger partial charge in [0, 0.05) is 6.07 Å². The lowest BCUT2D eigenvalue weighted by Crippen LogP contribution is -2.05. The third-order valence-electron chi connectivity index (χ3n) is 2.80. The lowest BCUT2D eigenvalue weighted by Gasteiger charge is -2.10. The van der Waals surface area contributed by atoms with E-state index in [4.69, 9.17) is 14.2 Å². The van der Waals surface area contributed by atoms with Crippen molar-refractivity contribution in [1.29, 1.82) is 0 Å². The number of nitrogens with zero attached hydrogens (tertiary/aromatic N) is 2. The molecule has 0 unspecified atom stereocenters. The van der Waals surface area contributed by atoms with E-state index in [2.05, 4.69) is 9.97 Å². The van der Waals surface area contributed by atoms with Crippen LogP contribution in [0, 0.1) is 0 Å². The lowest BCUT2D eigenvalue weighted by atomic mass is 10.2. The first-order chi connectivity index (χ1) is 10.2. The van der Waals surface area contributed by atoms with Crippen molar-refractivity contribution >= 4 is 5.97 Å². The zero-order valence-corrected chi connectivity index (χ0v) is 12.1. The molecule has 2 aromatic rings. The monoisotopic (exact) mass is 288 g/mol. The Balaban J connectivity index is 2.36. The fraction of sp³-hybridized carbons (Fsp3) is 0.267. The van der Waals surface area contributed by atoms with Crippen molar-refractivity contribution in [1.82, 2.24) is 9.97 Å². The molecule has 6 nitrogen and oxygen atoms in total. The highest BCUT2D eigenvalue weighted by Crippen LogP contribution is 2.25. The maximum atomic E-state index is 11.7. The number of hydrogen-bond donors (Lipinski definition) is 0. The fourth-order valence-electron chi connectivity index (χ4n) is 1.71. The molecule has 0 spiro atoms. The van der Waals surface area contributed by atoms with E-state index < -0.39 is 5.97 Å². The smallest absolute Gasteiger partial charge is 0.341 e. The van der Waals surface area contributed by atoms with Gasteiger partial charge < -0.3 is 14.2 Å². The Bertz CT molecular complexity index is 621. The van der Waals surface area contributed by atoms with Crippen LogP contribution in [0.1, 0.15) is 23.0 Å². The summed E-state index contributed by atoms with van der Waals surface area (Å²) in [6.45, 7) is 1.97. The summed E-state index contributed by atoms with van der Waals surface area (Å²) in [6, 6.07) is 8.61. The maximum Gasteiger partial charge on any atom is 0.341 e. The van der Waals surface area contributed by atoms with E-state index in [1.165, 1.54) is 14.2 Å². The Morgan fingerprint density at radius 1 is 1.19 bits per heavy atom. The van der Waals surface area contributed by atoms with Crippen LogP contribution in [0.4, 0.5) is 0 Å². The Kier molecular flexibility index (Phi) is 4.71. The van der Waals surface area contributed by atoms with Gasteiger partial charge in [-0.2, -0.15) is 9.97 Å². The predicted octanol–water partition coefficient (Wildman–Crippen LogP) is 2.63. The molecule has 0 saturated heterocycles. The van der Waals surface area contributed by atoms with Crippen LogP contribution in [-0.2, 0) is 11.2 Å². The second-order valence-electron chi connectivity index (χ2n) is 4.13. The molecule has 0 aliphatic rings. The normalized spacial score (nSPS) is 10.0. The predicted molar refractivity (Wildman–Crippen MR) is 75.8 cm³/mol. The van der Waals surface area contributed by atoms with Crippen molar-refractivity contribution in [2.24, 2.45) is 0 Å². The molecule has 0 saturated carbocycles. The van der Waals surface area contributed by atoms with E-state index in [1.807, 2.05) is 6.92 Å². The first-order valence-electron chi connectivity index (χ1n) is 6.45. The maximum absolute atomic E-state index is 11.7. The molecule has 0 aliphatic heterocycles. The number of rotatable bonds is 5. The summed E-state index contributed by atoms with van der Waals surface area (Å²) in [5, 5.41) is 0. The molecule has 1 aromatic heterocycles. The van der Waals surface area contributed by atoms with E-state index in [0.29, 0.717) is 23.6 Å². The molecule has 0 atom stereocenters. The van der Waals surface area contributed by atoms with Gasteiger partial charge in [0.1, 0.15) is 11.3 Å². The molecular weight excluding hydrogens is 272 g/mol. The van der Waals surface area contributed by atoms with Gasteiger partial charge in [0.2, 0.25) is 5.88 Å². The number of methoxy groups -OCH3 is 2. The zero-order chi connectivity index (χ0) is 15.2. The Morgan fingerprint density at radius 2 is 1.95 bits per heavy atom. The summed E-state index contributed by atoms with van der Waals surface area (Å²) in [7, 11) is 2.84. The molecule has 0 aliphatic carbocycles. The van der Waals surface area contributed by atoms with Gasteiger partial charge in [-0.1, -0.05) is 19.1 Å². The number of para-hydroxylation sites is 1. The molecule has 0 amide bonds. The van der Waals surface area contributed by atoms with Crippen molar-refractivity contribution in [3.63, 3.8) is 0 Å². The third-order valence-corrected chi connectivity index (χ3v) is 2.80. The molecule has 21 heavy (non-hydrogen) atoms. The molecule has 6 heteroatoms. The van der Waals surface area contributed by atoms with Crippen LogP contribution in [0.3, 0.4) is 0 Å². The van der Waals surface area contributed by atoms with Crippen LogP contribution in [-0.4, -0.2) is 30.2 Å². The summed E-state index contributed by atoms with van der Waals surface area (Å²) >= 11 is 0. The SMILES string of the molecule is CCc1cc(OC)nc(Oc2ccccc2C(=O)OC)n1. The van der Waals surface area contributed by atoms with Crippen molar-refractivity contribution in [2.45, 2.75) is 13.3 Å². The molecule has 0 bridgehead atoms. The Labute approximate surface area is 122 Å². The van der Waals surface area contributed by atoms with Gasteiger partial charge in [-0.3, -0.25) is 0 Å². The van der Waals surface area contributed by atoms with Crippen LogP contribution < -0.4 is 9.47 Å². The molecule has 0 radical (unpaired) electrons. The number of carbonyl (C=O) groups excluding carboxylic acids is 1. The topological polar surface area (TPSA) is 70.5 Å². The van der Waals surface area contributed by atoms with Crippen LogP contribution in [0.5, 0.6) is 17.6 Å². The van der Waals surface area contributed by atoms with Crippen molar-refractivity contribution in [3.8, 4) is 17.6 Å². The molecule has 1 heterocycles. The molecular formula is C15H16N2O4. The van der Waals surface area contributed by atoms with E-state index in [9.17, 15) is 4.79 Å². The first-order valence-corrected chi connectivity index (χ1v) is 6.45. The fourth-order valence-corrected chi connectivity index (χ4v) is 1.71. The van der Waals surface area contributed by atoms with Crippen LogP contribution in [0.25, 0.3) is 0 Å². The molecule has 2 rings (SSSR count). The van der Waals surface area contributed by atoms with Crippen molar-refractivity contribution in [3.05, 3.63) is 41.6 Å². The number of aromatic nitrogens is 2. The van der Waals surface area contributed by atoms with E-state index in [1.54, 1.807) is 30.3 Å². The Hall–Kier alpha value is -2.63. The van der Waals surface area contributed by atoms with Gasteiger partial charge in [-0.05, 0) is 18.6 Å². The number of ether oxygens (including phenoxy) is 3. The quantitative estimate of drug-likeness (QED) is 0.788. The van der Waals surface area contributed by atoms with Crippen molar-refractivity contribution < 1.29 is 19.0 Å². The summed E-state index contributed by atoms with van der Waals surface area (Å²) in [5.74, 6) is 0.260. The van der Waals surface area contributed by atoms with Gasteiger partial charge in [-0.15, -0.1) is 0 Å². The van der Waals surface area contributed by atoms with Crippen LogP contribution >= 0.6 is 0 Å². The van der Waals surface area contributed by atoms with Gasteiger partial charge in [-0.25, -0.2) is 4.79 Å². The van der Waals surface area contributed by atoms with E-state index in [-0.39, 0.29) is 6.01 Å². The number of carbonyl (C=O) groups is 1. The summed E-state index contributed by atoms with van der Waals surface area (Å²) in [5.41, 5.74) is 1.09. The van der Waals surface area contributed by atoms with Crippen molar-refractivity contribution in [2.75, 3.05) is 14.2 Å².